The average Bonchev–Trinajstić information content (AvgIpc) is 2.38. The summed E-state index contributed by atoms with van der Waals surface area (Å²) in [5.74, 6) is -1.05. The van der Waals surface area contributed by atoms with Crippen LogP contribution in [0.4, 0.5) is 10.1 Å². The molecule has 18 heavy (non-hydrogen) atoms. The summed E-state index contributed by atoms with van der Waals surface area (Å²) in [4.78, 5) is 0. The molecule has 0 aliphatic heterocycles. The molecule has 2 rings (SSSR count). The van der Waals surface area contributed by atoms with Gasteiger partial charge < -0.3 is 5.73 Å². The lowest BCUT2D eigenvalue weighted by Gasteiger charge is -2.08. The fraction of sp³-hybridized carbons (Fsp3) is 0.0667. The van der Waals surface area contributed by atoms with E-state index in [9.17, 15) is 4.39 Å². The van der Waals surface area contributed by atoms with Crippen LogP contribution in [0.15, 0.2) is 49.0 Å². The van der Waals surface area contributed by atoms with Crippen LogP contribution in [0.25, 0.3) is 17.2 Å². The standard InChI is InChI=1S/C15H15FNP/c1-2-10-6-7-12(9-14(10)17)11-4-3-5-13(8-11)15(16)18/h2-9,15H,1,17-18H2. The fourth-order valence-corrected chi connectivity index (χ4v) is 2.04. The summed E-state index contributed by atoms with van der Waals surface area (Å²) in [6.07, 6.45) is 1.72. The lowest BCUT2D eigenvalue weighted by molar-refractivity contribution is 0.469. The summed E-state index contributed by atoms with van der Waals surface area (Å²) in [7, 11) is 2.15. The highest BCUT2D eigenvalue weighted by molar-refractivity contribution is 7.16. The SMILES string of the molecule is C=Cc1ccc(-c2cccc(C(F)P)c2)cc1N. The van der Waals surface area contributed by atoms with Crippen molar-refractivity contribution in [3.05, 3.63) is 60.2 Å². The highest BCUT2D eigenvalue weighted by atomic mass is 31.0. The Kier molecular flexibility index (Phi) is 3.78. The summed E-state index contributed by atoms with van der Waals surface area (Å²) in [6, 6.07) is 13.1. The molecule has 2 unspecified atom stereocenters. The first-order valence-electron chi connectivity index (χ1n) is 5.64. The van der Waals surface area contributed by atoms with Gasteiger partial charge in [0.1, 0.15) is 5.91 Å². The van der Waals surface area contributed by atoms with E-state index in [1.165, 1.54) is 0 Å². The Labute approximate surface area is 109 Å². The molecular weight excluding hydrogens is 244 g/mol. The molecule has 0 aromatic heterocycles. The second kappa shape index (κ2) is 5.32. The topological polar surface area (TPSA) is 26.0 Å². The van der Waals surface area contributed by atoms with Crippen LogP contribution in [-0.2, 0) is 0 Å². The number of hydrogen-bond acceptors (Lipinski definition) is 1. The Morgan fingerprint density at radius 2 is 1.89 bits per heavy atom. The van der Waals surface area contributed by atoms with Crippen LogP contribution < -0.4 is 5.73 Å². The third-order valence-electron chi connectivity index (χ3n) is 2.85. The Balaban J connectivity index is 2.45. The third kappa shape index (κ3) is 2.60. The molecule has 0 bridgehead atoms. The number of halogens is 1. The van der Waals surface area contributed by atoms with Gasteiger partial charge in [0.2, 0.25) is 0 Å². The lowest BCUT2D eigenvalue weighted by atomic mass is 10.0. The van der Waals surface area contributed by atoms with Gasteiger partial charge in [-0.3, -0.25) is 0 Å². The van der Waals surface area contributed by atoms with Crippen LogP contribution in [0.1, 0.15) is 17.0 Å². The smallest absolute Gasteiger partial charge is 0.138 e. The van der Waals surface area contributed by atoms with Gasteiger partial charge in [0, 0.05) is 5.69 Å². The van der Waals surface area contributed by atoms with E-state index >= 15 is 0 Å². The van der Waals surface area contributed by atoms with Crippen LogP contribution in [0.5, 0.6) is 0 Å². The molecule has 0 fully saturated rings. The van der Waals surface area contributed by atoms with Crippen LogP contribution in [0.2, 0.25) is 0 Å². The number of benzene rings is 2. The minimum Gasteiger partial charge on any atom is -0.398 e. The van der Waals surface area contributed by atoms with E-state index in [0.29, 0.717) is 11.3 Å². The molecular formula is C15H15FNP. The molecule has 0 saturated heterocycles. The van der Waals surface area contributed by atoms with E-state index in [0.717, 1.165) is 16.7 Å². The van der Waals surface area contributed by atoms with Gasteiger partial charge in [0.25, 0.3) is 0 Å². The van der Waals surface area contributed by atoms with Crippen LogP contribution in [-0.4, -0.2) is 0 Å². The summed E-state index contributed by atoms with van der Waals surface area (Å²) in [5, 5.41) is 0. The number of nitrogen functional groups attached to an aromatic ring is 1. The summed E-state index contributed by atoms with van der Waals surface area (Å²) < 4.78 is 13.3. The third-order valence-corrected chi connectivity index (χ3v) is 3.23. The van der Waals surface area contributed by atoms with Crippen molar-refractivity contribution in [1.82, 2.24) is 0 Å². The first-order chi connectivity index (χ1) is 8.61. The van der Waals surface area contributed by atoms with Gasteiger partial charge in [-0.05, 0) is 34.4 Å². The first kappa shape index (κ1) is 12.8. The van der Waals surface area contributed by atoms with Crippen molar-refractivity contribution in [2.24, 2.45) is 0 Å². The lowest BCUT2D eigenvalue weighted by Crippen LogP contribution is -1.90. The molecule has 0 saturated carbocycles. The normalized spacial score (nSPS) is 12.1. The number of rotatable bonds is 3. The molecule has 2 aromatic rings. The monoisotopic (exact) mass is 259 g/mol. The Morgan fingerprint density at radius 1 is 1.17 bits per heavy atom. The van der Waals surface area contributed by atoms with Crippen molar-refractivity contribution in [2.75, 3.05) is 5.73 Å². The second-order valence-corrected chi connectivity index (χ2v) is 4.66. The molecule has 1 nitrogen and oxygen atoms in total. The minimum absolute atomic E-state index is 0.642. The van der Waals surface area contributed by atoms with Crippen molar-refractivity contribution < 1.29 is 4.39 Å². The Morgan fingerprint density at radius 3 is 2.50 bits per heavy atom. The Hall–Kier alpha value is -1.66. The second-order valence-electron chi connectivity index (χ2n) is 4.08. The number of hydrogen-bond donors (Lipinski definition) is 1. The zero-order valence-corrected chi connectivity index (χ0v) is 11.1. The predicted octanol–water partition coefficient (Wildman–Crippen LogP) is 4.42. The minimum atomic E-state index is -1.05. The summed E-state index contributed by atoms with van der Waals surface area (Å²) in [5.41, 5.74) is 10.1. The van der Waals surface area contributed by atoms with Crippen molar-refractivity contribution in [3.63, 3.8) is 0 Å². The predicted molar refractivity (Wildman–Crippen MR) is 79.9 cm³/mol. The van der Waals surface area contributed by atoms with Crippen molar-refractivity contribution in [3.8, 4) is 11.1 Å². The average molecular weight is 259 g/mol. The summed E-state index contributed by atoms with van der Waals surface area (Å²) >= 11 is 0. The molecule has 0 aliphatic rings. The molecule has 0 aliphatic carbocycles. The number of anilines is 1. The van der Waals surface area contributed by atoms with Crippen LogP contribution in [0.3, 0.4) is 0 Å². The Bertz CT molecular complexity index is 578. The number of alkyl halides is 1. The molecule has 0 radical (unpaired) electrons. The molecule has 92 valence electrons. The van der Waals surface area contributed by atoms with Gasteiger partial charge in [-0.25, -0.2) is 4.39 Å². The number of nitrogens with two attached hydrogens (primary N) is 1. The van der Waals surface area contributed by atoms with Gasteiger partial charge in [0.05, 0.1) is 0 Å². The van der Waals surface area contributed by atoms with E-state index in [1.807, 2.05) is 36.4 Å². The van der Waals surface area contributed by atoms with Crippen molar-refractivity contribution in [1.29, 1.82) is 0 Å². The highest BCUT2D eigenvalue weighted by Gasteiger charge is 2.06. The van der Waals surface area contributed by atoms with Gasteiger partial charge in [-0.1, -0.05) is 52.2 Å². The van der Waals surface area contributed by atoms with Crippen LogP contribution >= 0.6 is 9.24 Å². The zero-order chi connectivity index (χ0) is 13.1. The van der Waals surface area contributed by atoms with Crippen molar-refractivity contribution >= 4 is 21.0 Å². The van der Waals surface area contributed by atoms with Crippen molar-refractivity contribution in [2.45, 2.75) is 5.91 Å². The maximum absolute atomic E-state index is 13.3. The van der Waals surface area contributed by atoms with E-state index in [2.05, 4.69) is 15.8 Å². The molecule has 2 aromatic carbocycles. The van der Waals surface area contributed by atoms with Gasteiger partial charge >= 0.3 is 0 Å². The fourth-order valence-electron chi connectivity index (χ4n) is 1.83. The van der Waals surface area contributed by atoms with E-state index in [-0.39, 0.29) is 0 Å². The molecule has 2 atom stereocenters. The molecule has 2 N–H and O–H groups in total. The van der Waals surface area contributed by atoms with Gasteiger partial charge in [0.15, 0.2) is 0 Å². The van der Waals surface area contributed by atoms with E-state index in [4.69, 9.17) is 5.73 Å². The van der Waals surface area contributed by atoms with E-state index in [1.54, 1.807) is 12.1 Å². The zero-order valence-electron chi connectivity index (χ0n) is 9.94. The van der Waals surface area contributed by atoms with E-state index < -0.39 is 5.91 Å². The highest BCUT2D eigenvalue weighted by Crippen LogP contribution is 2.30. The first-order valence-corrected chi connectivity index (χ1v) is 6.30. The quantitative estimate of drug-likeness (QED) is 0.640. The molecule has 3 heteroatoms. The summed E-state index contributed by atoms with van der Waals surface area (Å²) in [6.45, 7) is 3.70. The molecule has 0 amide bonds. The van der Waals surface area contributed by atoms with Crippen LogP contribution in [0, 0.1) is 0 Å². The van der Waals surface area contributed by atoms with Gasteiger partial charge in [-0.2, -0.15) is 0 Å². The molecule has 0 spiro atoms. The maximum Gasteiger partial charge on any atom is 0.138 e. The van der Waals surface area contributed by atoms with Gasteiger partial charge in [-0.15, -0.1) is 0 Å². The largest absolute Gasteiger partial charge is 0.398 e. The molecule has 0 heterocycles. The maximum atomic E-state index is 13.3.